The predicted octanol–water partition coefficient (Wildman–Crippen LogP) is 3.07. The summed E-state index contributed by atoms with van der Waals surface area (Å²) in [4.78, 5) is 13.3. The van der Waals surface area contributed by atoms with Crippen LogP contribution in [0.5, 0.6) is 0 Å². The van der Waals surface area contributed by atoms with Crippen LogP contribution in [-0.2, 0) is 9.47 Å². The van der Waals surface area contributed by atoms with Gasteiger partial charge in [-0.15, -0.1) is 0 Å². The van der Waals surface area contributed by atoms with E-state index >= 15 is 0 Å². The highest BCUT2D eigenvalue weighted by Crippen LogP contribution is 2.34. The Balaban J connectivity index is 3.05. The van der Waals surface area contributed by atoms with Gasteiger partial charge in [-0.25, -0.2) is 4.79 Å². The van der Waals surface area contributed by atoms with Gasteiger partial charge in [-0.2, -0.15) is 8.78 Å². The van der Waals surface area contributed by atoms with Crippen molar-refractivity contribution in [1.82, 2.24) is 4.90 Å². The van der Waals surface area contributed by atoms with Gasteiger partial charge < -0.3 is 14.6 Å². The molecular weight excluding hydrogens is 308 g/mol. The van der Waals surface area contributed by atoms with E-state index in [0.29, 0.717) is 0 Å². The topological polar surface area (TPSA) is 59.0 Å². The number of rotatable bonds is 2. The zero-order valence-electron chi connectivity index (χ0n) is 12.6. The van der Waals surface area contributed by atoms with Crippen LogP contribution in [0.2, 0.25) is 0 Å². The van der Waals surface area contributed by atoms with E-state index in [1.165, 1.54) is 0 Å². The van der Waals surface area contributed by atoms with Crippen molar-refractivity contribution in [2.75, 3.05) is 6.61 Å². The predicted molar refractivity (Wildman–Crippen MR) is 73.0 cm³/mol. The highest BCUT2D eigenvalue weighted by molar-refractivity contribution is 6.30. The number of halogens is 3. The van der Waals surface area contributed by atoms with Gasteiger partial charge in [-0.1, -0.05) is 11.6 Å². The van der Waals surface area contributed by atoms with Crippen molar-refractivity contribution >= 4 is 17.7 Å². The molecule has 1 N–H and O–H groups in total. The first-order valence-electron chi connectivity index (χ1n) is 6.42. The van der Waals surface area contributed by atoms with Gasteiger partial charge in [0, 0.05) is 0 Å². The molecule has 122 valence electrons. The lowest BCUT2D eigenvalue weighted by atomic mass is 10.1. The average Bonchev–Trinajstić information content (AvgIpc) is 2.60. The number of aliphatic hydroxyl groups is 1. The van der Waals surface area contributed by atoms with Crippen molar-refractivity contribution in [3.63, 3.8) is 0 Å². The number of carbonyl (C=O) groups excluding carboxylic acids is 1. The molecule has 1 heterocycles. The molecule has 1 amide bonds. The number of aliphatic hydroxyl groups excluding tert-OH is 1. The van der Waals surface area contributed by atoms with Crippen molar-refractivity contribution in [2.45, 2.75) is 58.1 Å². The second kappa shape index (κ2) is 6.06. The van der Waals surface area contributed by atoms with E-state index in [9.17, 15) is 18.7 Å². The molecule has 0 spiro atoms. The maximum Gasteiger partial charge on any atom is 0.413 e. The normalized spacial score (nSPS) is 22.9. The third-order valence-electron chi connectivity index (χ3n) is 2.91. The molecule has 1 aliphatic heterocycles. The summed E-state index contributed by atoms with van der Waals surface area (Å²) in [5, 5.41) is 8.93. The Labute approximate surface area is 127 Å². The summed E-state index contributed by atoms with van der Waals surface area (Å²) in [6.45, 7) is 8.05. The van der Waals surface area contributed by atoms with Crippen molar-refractivity contribution in [1.29, 1.82) is 0 Å². The van der Waals surface area contributed by atoms with Crippen LogP contribution in [-0.4, -0.2) is 46.2 Å². The molecule has 8 heteroatoms. The summed E-state index contributed by atoms with van der Waals surface area (Å²) in [7, 11) is 0. The second-order valence-electron chi connectivity index (χ2n) is 6.23. The summed E-state index contributed by atoms with van der Waals surface area (Å²) in [6, 6.07) is -1.05. The molecule has 1 saturated heterocycles. The van der Waals surface area contributed by atoms with Gasteiger partial charge in [0.2, 0.25) is 0 Å². The molecule has 5 nitrogen and oxygen atoms in total. The molecule has 2 atom stereocenters. The van der Waals surface area contributed by atoms with E-state index in [2.05, 4.69) is 0 Å². The fraction of sp³-hybridized carbons (Fsp3) is 0.769. The quantitative estimate of drug-likeness (QED) is 0.847. The molecule has 0 radical (unpaired) electrons. The lowest BCUT2D eigenvalue weighted by molar-refractivity contribution is -0.0663. The number of amides is 1. The third kappa shape index (κ3) is 4.28. The molecule has 0 aliphatic carbocycles. The summed E-state index contributed by atoms with van der Waals surface area (Å²) in [5.41, 5.74) is -1.87. The Morgan fingerprint density at radius 3 is 2.43 bits per heavy atom. The minimum atomic E-state index is -2.20. The van der Waals surface area contributed by atoms with Crippen LogP contribution in [0.4, 0.5) is 13.6 Å². The summed E-state index contributed by atoms with van der Waals surface area (Å²) < 4.78 is 35.7. The Bertz CT molecular complexity index is 444. The van der Waals surface area contributed by atoms with Crippen molar-refractivity contribution in [3.8, 4) is 0 Å². The lowest BCUT2D eigenvalue weighted by Gasteiger charge is -2.36. The molecule has 0 aromatic carbocycles. The molecule has 0 bridgehead atoms. The van der Waals surface area contributed by atoms with Crippen molar-refractivity contribution < 1.29 is 28.2 Å². The Kier molecular flexibility index (Phi) is 5.23. The molecular formula is C13H20ClF2NO4. The van der Waals surface area contributed by atoms with Crippen LogP contribution in [0.15, 0.2) is 11.1 Å². The second-order valence-corrected chi connectivity index (χ2v) is 6.64. The zero-order chi connectivity index (χ0) is 16.6. The summed E-state index contributed by atoms with van der Waals surface area (Å²) in [5.74, 6) is 0. The number of ether oxygens (including phenoxy) is 2. The van der Waals surface area contributed by atoms with Crippen LogP contribution in [0.3, 0.4) is 0 Å². The number of carbonyl (C=O) groups is 1. The van der Waals surface area contributed by atoms with Crippen LogP contribution in [0, 0.1) is 0 Å². The van der Waals surface area contributed by atoms with E-state index in [1.807, 2.05) is 0 Å². The first-order valence-corrected chi connectivity index (χ1v) is 6.79. The summed E-state index contributed by atoms with van der Waals surface area (Å²) >= 11 is 5.39. The first kappa shape index (κ1) is 18.1. The van der Waals surface area contributed by atoms with Crippen LogP contribution >= 0.6 is 11.6 Å². The van der Waals surface area contributed by atoms with Gasteiger partial charge >= 0.3 is 6.09 Å². The monoisotopic (exact) mass is 327 g/mol. The molecule has 0 aromatic heterocycles. The molecule has 0 unspecified atom stereocenters. The van der Waals surface area contributed by atoms with Gasteiger partial charge in [0.25, 0.3) is 6.08 Å². The SMILES string of the molecule is CC(C)(C)OC(=O)N1[C@H]([C@H](O)C(Cl)=C(F)F)COC1(C)C. The number of nitrogens with zero attached hydrogens (tertiary/aromatic N) is 1. The maximum absolute atomic E-state index is 12.5. The van der Waals surface area contributed by atoms with Crippen LogP contribution in [0.1, 0.15) is 34.6 Å². The van der Waals surface area contributed by atoms with Crippen molar-refractivity contribution in [3.05, 3.63) is 11.1 Å². The molecule has 0 saturated carbocycles. The fourth-order valence-electron chi connectivity index (χ4n) is 2.01. The van der Waals surface area contributed by atoms with Crippen molar-refractivity contribution in [2.24, 2.45) is 0 Å². The summed E-state index contributed by atoms with van der Waals surface area (Å²) in [6.07, 6.45) is -4.71. The van der Waals surface area contributed by atoms with Gasteiger partial charge in [0.15, 0.2) is 0 Å². The number of hydrogen-bond donors (Lipinski definition) is 1. The van der Waals surface area contributed by atoms with E-state index in [0.717, 1.165) is 4.90 Å². The minimum absolute atomic E-state index is 0.128. The molecule has 0 aromatic rings. The van der Waals surface area contributed by atoms with Gasteiger partial charge in [-0.3, -0.25) is 4.90 Å². The van der Waals surface area contributed by atoms with E-state index in [4.69, 9.17) is 21.1 Å². The third-order valence-corrected chi connectivity index (χ3v) is 3.28. The largest absolute Gasteiger partial charge is 0.444 e. The van der Waals surface area contributed by atoms with Gasteiger partial charge in [0.05, 0.1) is 12.6 Å². The Morgan fingerprint density at radius 1 is 1.48 bits per heavy atom. The zero-order valence-corrected chi connectivity index (χ0v) is 13.4. The number of hydrogen-bond acceptors (Lipinski definition) is 4. The maximum atomic E-state index is 12.5. The van der Waals surface area contributed by atoms with Crippen LogP contribution < -0.4 is 0 Å². The fourth-order valence-corrected chi connectivity index (χ4v) is 2.16. The smallest absolute Gasteiger partial charge is 0.413 e. The minimum Gasteiger partial charge on any atom is -0.444 e. The molecule has 1 aliphatic rings. The van der Waals surface area contributed by atoms with E-state index in [1.54, 1.807) is 34.6 Å². The Morgan fingerprint density at radius 2 is 2.00 bits per heavy atom. The lowest BCUT2D eigenvalue weighted by Crippen LogP contribution is -2.53. The van der Waals surface area contributed by atoms with Crippen LogP contribution in [0.25, 0.3) is 0 Å². The first-order chi connectivity index (χ1) is 9.37. The van der Waals surface area contributed by atoms with E-state index < -0.39 is 40.7 Å². The highest BCUT2D eigenvalue weighted by Gasteiger charge is 2.49. The highest BCUT2D eigenvalue weighted by atomic mass is 35.5. The molecule has 21 heavy (non-hydrogen) atoms. The van der Waals surface area contributed by atoms with Gasteiger partial charge in [-0.05, 0) is 34.6 Å². The standard InChI is InChI=1S/C13H20ClF2NO4/c1-12(2,3)21-11(19)17-7(6-20-13(17,4)5)9(18)8(14)10(15)16/h7,9,18H,6H2,1-5H3/t7-,9-/m0/s1. The van der Waals surface area contributed by atoms with E-state index in [-0.39, 0.29) is 6.61 Å². The Hall–Kier alpha value is -0.920. The molecule has 1 rings (SSSR count). The van der Waals surface area contributed by atoms with Gasteiger partial charge in [0.1, 0.15) is 22.5 Å². The molecule has 1 fully saturated rings. The average molecular weight is 328 g/mol.